The molecule has 7 nitrogen and oxygen atoms in total. The Bertz CT molecular complexity index is 1140. The average molecular weight is 431 g/mol. The molecule has 150 valence electrons. The summed E-state index contributed by atoms with van der Waals surface area (Å²) in [5.41, 5.74) is 0.638. The minimum atomic E-state index is -3.67. The van der Waals surface area contributed by atoms with E-state index < -0.39 is 10.0 Å². The Hall–Kier alpha value is -2.68. The molecule has 1 fully saturated rings. The normalized spacial score (nSPS) is 15.4. The smallest absolute Gasteiger partial charge is 0.321 e. The first-order chi connectivity index (χ1) is 13.9. The lowest BCUT2D eigenvalue weighted by Crippen LogP contribution is -2.51. The van der Waals surface area contributed by atoms with E-state index in [1.807, 2.05) is 6.07 Å². The number of carbonyl (C=O) groups is 1. The number of fused-ring (bicyclic) bond motifs is 1. The van der Waals surface area contributed by atoms with Crippen LogP contribution in [0.15, 0.2) is 65.8 Å². The maximum Gasteiger partial charge on any atom is 0.321 e. The molecule has 0 radical (unpaired) electrons. The van der Waals surface area contributed by atoms with E-state index in [1.165, 1.54) is 4.31 Å². The quantitative estimate of drug-likeness (QED) is 0.690. The fraction of sp³-hybridized carbons (Fsp3) is 0.200. The number of pyridine rings is 1. The zero-order valence-corrected chi connectivity index (χ0v) is 17.0. The van der Waals surface area contributed by atoms with Crippen LogP contribution in [0.5, 0.6) is 0 Å². The molecule has 9 heteroatoms. The third kappa shape index (κ3) is 4.05. The van der Waals surface area contributed by atoms with Crippen LogP contribution < -0.4 is 5.32 Å². The van der Waals surface area contributed by atoms with Gasteiger partial charge in [0.1, 0.15) is 0 Å². The molecule has 1 aliphatic rings. The van der Waals surface area contributed by atoms with Gasteiger partial charge in [0.25, 0.3) is 0 Å². The van der Waals surface area contributed by atoms with Crippen LogP contribution in [0, 0.1) is 0 Å². The number of benzene rings is 2. The van der Waals surface area contributed by atoms with E-state index in [0.717, 1.165) is 5.39 Å². The molecule has 0 spiro atoms. The van der Waals surface area contributed by atoms with Crippen LogP contribution in [0.25, 0.3) is 10.8 Å². The van der Waals surface area contributed by atoms with Crippen LogP contribution in [0.4, 0.5) is 10.5 Å². The van der Waals surface area contributed by atoms with Gasteiger partial charge in [0.15, 0.2) is 0 Å². The van der Waals surface area contributed by atoms with E-state index in [-0.39, 0.29) is 24.0 Å². The highest BCUT2D eigenvalue weighted by molar-refractivity contribution is 7.89. The largest absolute Gasteiger partial charge is 0.322 e. The summed E-state index contributed by atoms with van der Waals surface area (Å²) in [4.78, 5) is 18.4. The number of hydrogen-bond donors (Lipinski definition) is 1. The zero-order chi connectivity index (χ0) is 20.4. The molecule has 1 aromatic heterocycles. The molecule has 4 rings (SSSR count). The van der Waals surface area contributed by atoms with Gasteiger partial charge in [-0.3, -0.25) is 4.98 Å². The van der Waals surface area contributed by atoms with Crippen molar-refractivity contribution < 1.29 is 13.2 Å². The number of sulfonamides is 1. The lowest BCUT2D eigenvalue weighted by Gasteiger charge is -2.34. The molecule has 0 saturated carbocycles. The summed E-state index contributed by atoms with van der Waals surface area (Å²) < 4.78 is 27.8. The van der Waals surface area contributed by atoms with E-state index in [0.29, 0.717) is 29.2 Å². The Morgan fingerprint density at radius 1 is 1.00 bits per heavy atom. The van der Waals surface area contributed by atoms with Crippen molar-refractivity contribution >= 4 is 44.1 Å². The maximum atomic E-state index is 13.2. The Morgan fingerprint density at radius 3 is 2.45 bits per heavy atom. The van der Waals surface area contributed by atoms with E-state index in [2.05, 4.69) is 10.3 Å². The highest BCUT2D eigenvalue weighted by Gasteiger charge is 2.31. The van der Waals surface area contributed by atoms with E-state index in [4.69, 9.17) is 11.6 Å². The molecule has 0 bridgehead atoms. The highest BCUT2D eigenvalue weighted by Crippen LogP contribution is 2.26. The molecule has 0 aliphatic carbocycles. The monoisotopic (exact) mass is 430 g/mol. The maximum absolute atomic E-state index is 13.2. The first-order valence-electron chi connectivity index (χ1n) is 9.09. The van der Waals surface area contributed by atoms with Gasteiger partial charge in [-0.25, -0.2) is 13.2 Å². The SMILES string of the molecule is O=C(Nc1ccc(Cl)cc1)N1CCN(S(=O)(=O)c2cccc3cnccc23)CC1. The van der Waals surface area contributed by atoms with Crippen molar-refractivity contribution in [3.63, 3.8) is 0 Å². The van der Waals surface area contributed by atoms with Gasteiger partial charge >= 0.3 is 6.03 Å². The molecular formula is C20H19ClN4O3S. The summed E-state index contributed by atoms with van der Waals surface area (Å²) in [6.45, 7) is 1.09. The Balaban J connectivity index is 1.46. The summed E-state index contributed by atoms with van der Waals surface area (Å²) in [5, 5.41) is 4.81. The van der Waals surface area contributed by atoms with Crippen molar-refractivity contribution in [1.82, 2.24) is 14.2 Å². The first-order valence-corrected chi connectivity index (χ1v) is 10.9. The van der Waals surface area contributed by atoms with E-state index in [1.54, 1.807) is 59.8 Å². The minimum absolute atomic E-state index is 0.234. The van der Waals surface area contributed by atoms with Gasteiger partial charge in [-0.05, 0) is 36.4 Å². The van der Waals surface area contributed by atoms with Gasteiger partial charge in [0.05, 0.1) is 4.90 Å². The number of halogens is 1. The summed E-state index contributed by atoms with van der Waals surface area (Å²) in [6.07, 6.45) is 3.23. The van der Waals surface area contributed by atoms with Crippen molar-refractivity contribution in [2.45, 2.75) is 4.90 Å². The van der Waals surface area contributed by atoms with Crippen molar-refractivity contribution in [3.8, 4) is 0 Å². The molecule has 1 aliphatic heterocycles. The van der Waals surface area contributed by atoms with Crippen LogP contribution in [-0.4, -0.2) is 54.8 Å². The van der Waals surface area contributed by atoms with E-state index in [9.17, 15) is 13.2 Å². The fourth-order valence-electron chi connectivity index (χ4n) is 3.32. The standard InChI is InChI=1S/C20H19ClN4O3S/c21-16-4-6-17(7-5-16)23-20(26)24-10-12-25(13-11-24)29(27,28)19-3-1-2-15-14-22-9-8-18(15)19/h1-9,14H,10-13H2,(H,23,26). The molecule has 2 heterocycles. The Kier molecular flexibility index (Phi) is 5.40. The van der Waals surface area contributed by atoms with Crippen molar-refractivity contribution in [2.75, 3.05) is 31.5 Å². The van der Waals surface area contributed by atoms with Gasteiger partial charge < -0.3 is 10.2 Å². The number of rotatable bonds is 3. The molecule has 1 N–H and O–H groups in total. The Labute approximate surface area is 174 Å². The van der Waals surface area contributed by atoms with Gasteiger partial charge in [-0.1, -0.05) is 23.7 Å². The van der Waals surface area contributed by atoms with Gasteiger partial charge in [0.2, 0.25) is 10.0 Å². The molecule has 0 atom stereocenters. The van der Waals surface area contributed by atoms with Crippen LogP contribution in [-0.2, 0) is 10.0 Å². The number of piperazine rings is 1. The third-order valence-electron chi connectivity index (χ3n) is 4.88. The minimum Gasteiger partial charge on any atom is -0.322 e. The second-order valence-electron chi connectivity index (χ2n) is 6.68. The lowest BCUT2D eigenvalue weighted by atomic mass is 10.2. The van der Waals surface area contributed by atoms with E-state index >= 15 is 0 Å². The zero-order valence-electron chi connectivity index (χ0n) is 15.5. The summed E-state index contributed by atoms with van der Waals surface area (Å²) in [7, 11) is -3.67. The molecule has 29 heavy (non-hydrogen) atoms. The van der Waals surface area contributed by atoms with Crippen molar-refractivity contribution in [3.05, 3.63) is 65.9 Å². The third-order valence-corrected chi connectivity index (χ3v) is 7.09. The number of hydrogen-bond acceptors (Lipinski definition) is 4. The number of carbonyl (C=O) groups excluding carboxylic acids is 1. The topological polar surface area (TPSA) is 82.6 Å². The van der Waals surface area contributed by atoms with Crippen LogP contribution in [0.2, 0.25) is 5.02 Å². The summed E-state index contributed by atoms with van der Waals surface area (Å²) in [5.74, 6) is 0. The number of urea groups is 1. The lowest BCUT2D eigenvalue weighted by molar-refractivity contribution is 0.184. The number of anilines is 1. The molecule has 1 saturated heterocycles. The molecule has 3 aromatic rings. The number of aromatic nitrogens is 1. The van der Waals surface area contributed by atoms with Crippen LogP contribution in [0.3, 0.4) is 0 Å². The second-order valence-corrected chi connectivity index (χ2v) is 9.02. The Morgan fingerprint density at radius 2 is 1.72 bits per heavy atom. The molecule has 0 unspecified atom stereocenters. The number of nitrogens with zero attached hydrogens (tertiary/aromatic N) is 3. The molecule has 2 amide bonds. The van der Waals surface area contributed by atoms with Gasteiger partial charge in [-0.15, -0.1) is 0 Å². The fourth-order valence-corrected chi connectivity index (χ4v) is 5.09. The predicted molar refractivity (Wildman–Crippen MR) is 113 cm³/mol. The average Bonchev–Trinajstić information content (AvgIpc) is 2.75. The van der Waals surface area contributed by atoms with Crippen molar-refractivity contribution in [2.24, 2.45) is 0 Å². The first kappa shape index (κ1) is 19.6. The van der Waals surface area contributed by atoms with Crippen LogP contribution >= 0.6 is 11.6 Å². The summed E-state index contributed by atoms with van der Waals surface area (Å²) >= 11 is 5.85. The second kappa shape index (κ2) is 7.98. The van der Waals surface area contributed by atoms with Crippen molar-refractivity contribution in [1.29, 1.82) is 0 Å². The summed E-state index contributed by atoms with van der Waals surface area (Å²) in [6, 6.07) is 13.4. The molecular weight excluding hydrogens is 412 g/mol. The number of amides is 2. The highest BCUT2D eigenvalue weighted by atomic mass is 35.5. The van der Waals surface area contributed by atoms with Gasteiger partial charge in [-0.2, -0.15) is 4.31 Å². The molecule has 2 aromatic carbocycles. The van der Waals surface area contributed by atoms with Gasteiger partial charge in [0, 0.05) is 60.1 Å². The number of nitrogens with one attached hydrogen (secondary N) is 1. The predicted octanol–water partition coefficient (Wildman–Crippen LogP) is 3.43. The van der Waals surface area contributed by atoms with Crippen LogP contribution in [0.1, 0.15) is 0 Å².